The summed E-state index contributed by atoms with van der Waals surface area (Å²) in [4.78, 5) is 36.6. The van der Waals surface area contributed by atoms with E-state index in [-0.39, 0.29) is 12.5 Å². The number of nitrogens with zero attached hydrogens (tertiary/aromatic N) is 1. The summed E-state index contributed by atoms with van der Waals surface area (Å²) in [6.45, 7) is 0.691. The lowest BCUT2D eigenvalue weighted by Crippen LogP contribution is -2.60. The van der Waals surface area contributed by atoms with Crippen LogP contribution < -0.4 is 5.32 Å². The topological polar surface area (TPSA) is 94.2 Å². The summed E-state index contributed by atoms with van der Waals surface area (Å²) in [6.07, 6.45) is -1.19. The first-order valence-corrected chi connectivity index (χ1v) is 7.43. The van der Waals surface area contributed by atoms with Crippen molar-refractivity contribution in [2.45, 2.75) is 12.6 Å². The molecule has 2 amide bonds. The molecule has 0 radical (unpaired) electrons. The van der Waals surface area contributed by atoms with Gasteiger partial charge >= 0.3 is 18.2 Å². The number of rotatable bonds is 5. The van der Waals surface area contributed by atoms with E-state index in [9.17, 15) is 14.4 Å². The average Bonchev–Trinajstić information content (AvgIpc) is 2.57. The number of esters is 1. The fourth-order valence-electron chi connectivity index (χ4n) is 2.39. The van der Waals surface area contributed by atoms with E-state index in [1.54, 1.807) is 0 Å². The van der Waals surface area contributed by atoms with Crippen LogP contribution in [0.4, 0.5) is 9.59 Å². The molecule has 1 atom stereocenters. The van der Waals surface area contributed by atoms with E-state index < -0.39 is 24.2 Å². The van der Waals surface area contributed by atoms with E-state index in [1.165, 1.54) is 19.1 Å². The third kappa shape index (κ3) is 4.37. The Labute approximate surface area is 139 Å². The molecule has 8 nitrogen and oxygen atoms in total. The zero-order chi connectivity index (χ0) is 17.5. The van der Waals surface area contributed by atoms with Crippen LogP contribution in [0.3, 0.4) is 0 Å². The van der Waals surface area contributed by atoms with Crippen LogP contribution in [0.15, 0.2) is 30.3 Å². The molecular formula is C16H20N2O6. The first-order chi connectivity index (χ1) is 11.5. The first-order valence-electron chi connectivity index (χ1n) is 7.43. The summed E-state index contributed by atoms with van der Waals surface area (Å²) < 4.78 is 14.4. The minimum Gasteiger partial charge on any atom is -0.467 e. The van der Waals surface area contributed by atoms with Gasteiger partial charge in [-0.2, -0.15) is 0 Å². The maximum atomic E-state index is 11.9. The van der Waals surface area contributed by atoms with Crippen LogP contribution in [0.25, 0.3) is 0 Å². The average molecular weight is 336 g/mol. The second kappa shape index (κ2) is 8.19. The number of benzene rings is 1. The molecule has 0 bridgehead atoms. The van der Waals surface area contributed by atoms with Gasteiger partial charge in [0.15, 0.2) is 0 Å². The van der Waals surface area contributed by atoms with Crippen LogP contribution >= 0.6 is 0 Å². The molecule has 2 rings (SSSR count). The molecule has 1 N–H and O–H groups in total. The van der Waals surface area contributed by atoms with Crippen LogP contribution in [-0.2, 0) is 25.6 Å². The minimum atomic E-state index is -0.876. The van der Waals surface area contributed by atoms with Gasteiger partial charge in [-0.1, -0.05) is 30.3 Å². The van der Waals surface area contributed by atoms with Gasteiger partial charge in [-0.25, -0.2) is 14.4 Å². The molecule has 0 aromatic heterocycles. The summed E-state index contributed by atoms with van der Waals surface area (Å²) in [5, 5.41) is 2.50. The molecule has 1 fully saturated rings. The van der Waals surface area contributed by atoms with Gasteiger partial charge in [0.2, 0.25) is 0 Å². The SMILES string of the molecule is COC(=O)[C@@H](NC(=O)OCc1ccccc1)C1CN(C(=O)OC)C1. The van der Waals surface area contributed by atoms with Gasteiger partial charge in [0.25, 0.3) is 0 Å². The van der Waals surface area contributed by atoms with Crippen molar-refractivity contribution in [3.8, 4) is 0 Å². The largest absolute Gasteiger partial charge is 0.467 e. The van der Waals surface area contributed by atoms with Crippen molar-refractivity contribution in [1.82, 2.24) is 10.2 Å². The number of amides is 2. The van der Waals surface area contributed by atoms with Crippen molar-refractivity contribution in [3.05, 3.63) is 35.9 Å². The second-order valence-corrected chi connectivity index (χ2v) is 5.34. The van der Waals surface area contributed by atoms with Gasteiger partial charge in [0.1, 0.15) is 12.6 Å². The molecule has 0 aliphatic carbocycles. The van der Waals surface area contributed by atoms with Crippen LogP contribution in [0.2, 0.25) is 0 Å². The van der Waals surface area contributed by atoms with E-state index in [0.717, 1.165) is 5.56 Å². The number of carbonyl (C=O) groups excluding carboxylic acids is 3. The van der Waals surface area contributed by atoms with E-state index >= 15 is 0 Å². The van der Waals surface area contributed by atoms with Gasteiger partial charge in [0.05, 0.1) is 14.2 Å². The molecule has 0 spiro atoms. The molecule has 1 heterocycles. The summed E-state index contributed by atoms with van der Waals surface area (Å²) in [5.74, 6) is -0.831. The van der Waals surface area contributed by atoms with E-state index in [4.69, 9.17) is 9.47 Å². The van der Waals surface area contributed by atoms with Gasteiger partial charge in [-0.05, 0) is 5.56 Å². The standard InChI is InChI=1S/C16H20N2O6/c1-22-14(19)13(12-8-18(9-12)16(21)23-2)17-15(20)24-10-11-6-4-3-5-7-11/h3-7,12-13H,8-10H2,1-2H3,(H,17,20)/t13-/m0/s1. The molecule has 0 saturated carbocycles. The molecule has 1 aromatic rings. The van der Waals surface area contributed by atoms with Crippen molar-refractivity contribution >= 4 is 18.2 Å². The number of carbonyl (C=O) groups is 3. The first kappa shape index (κ1) is 17.6. The fourth-order valence-corrected chi connectivity index (χ4v) is 2.39. The number of nitrogens with one attached hydrogen (secondary N) is 1. The van der Waals surface area contributed by atoms with Crippen molar-refractivity contribution < 1.29 is 28.6 Å². The lowest BCUT2D eigenvalue weighted by Gasteiger charge is -2.41. The molecule has 24 heavy (non-hydrogen) atoms. The number of likely N-dealkylation sites (tertiary alicyclic amines) is 1. The summed E-state index contributed by atoms with van der Waals surface area (Å²) >= 11 is 0. The third-order valence-electron chi connectivity index (χ3n) is 3.76. The highest BCUT2D eigenvalue weighted by molar-refractivity contribution is 5.82. The summed E-state index contributed by atoms with van der Waals surface area (Å²) in [5.41, 5.74) is 0.836. The number of ether oxygens (including phenoxy) is 3. The van der Waals surface area contributed by atoms with Crippen molar-refractivity contribution in [2.75, 3.05) is 27.3 Å². The van der Waals surface area contributed by atoms with E-state index in [1.807, 2.05) is 30.3 Å². The lowest BCUT2D eigenvalue weighted by atomic mass is 9.92. The van der Waals surface area contributed by atoms with Crippen LogP contribution in [0.5, 0.6) is 0 Å². The number of hydrogen-bond donors (Lipinski definition) is 1. The lowest BCUT2D eigenvalue weighted by molar-refractivity contribution is -0.146. The zero-order valence-electron chi connectivity index (χ0n) is 13.6. The highest BCUT2D eigenvalue weighted by Gasteiger charge is 2.41. The molecular weight excluding hydrogens is 316 g/mol. The van der Waals surface area contributed by atoms with Crippen molar-refractivity contribution in [1.29, 1.82) is 0 Å². The zero-order valence-corrected chi connectivity index (χ0v) is 13.6. The van der Waals surface area contributed by atoms with E-state index in [0.29, 0.717) is 13.1 Å². The summed E-state index contributed by atoms with van der Waals surface area (Å²) in [6, 6.07) is 8.31. The molecule has 1 aromatic carbocycles. The number of methoxy groups -OCH3 is 2. The Morgan fingerprint density at radius 3 is 2.42 bits per heavy atom. The van der Waals surface area contributed by atoms with Crippen LogP contribution in [0.1, 0.15) is 5.56 Å². The highest BCUT2D eigenvalue weighted by atomic mass is 16.6. The van der Waals surface area contributed by atoms with Gasteiger partial charge in [-0.15, -0.1) is 0 Å². The second-order valence-electron chi connectivity index (χ2n) is 5.34. The van der Waals surface area contributed by atoms with Gasteiger partial charge in [-0.3, -0.25) is 0 Å². The van der Waals surface area contributed by atoms with Crippen LogP contribution in [-0.4, -0.2) is 56.4 Å². The fraction of sp³-hybridized carbons (Fsp3) is 0.438. The van der Waals surface area contributed by atoms with Crippen LogP contribution in [0, 0.1) is 5.92 Å². The Bertz CT molecular complexity index is 585. The smallest absolute Gasteiger partial charge is 0.409 e. The van der Waals surface area contributed by atoms with Crippen molar-refractivity contribution in [3.63, 3.8) is 0 Å². The normalized spacial score (nSPS) is 15.0. The quantitative estimate of drug-likeness (QED) is 0.640. The Balaban J connectivity index is 1.86. The Morgan fingerprint density at radius 1 is 1.17 bits per heavy atom. The molecule has 1 aliphatic rings. The predicted octanol–water partition coefficient (Wildman–Crippen LogP) is 1.15. The maximum absolute atomic E-state index is 11.9. The van der Waals surface area contributed by atoms with Crippen molar-refractivity contribution in [2.24, 2.45) is 5.92 Å². The highest BCUT2D eigenvalue weighted by Crippen LogP contribution is 2.21. The number of hydrogen-bond acceptors (Lipinski definition) is 6. The third-order valence-corrected chi connectivity index (χ3v) is 3.76. The molecule has 1 aliphatic heterocycles. The van der Waals surface area contributed by atoms with E-state index in [2.05, 4.69) is 10.1 Å². The Kier molecular flexibility index (Phi) is 6.00. The molecule has 0 unspecified atom stereocenters. The molecule has 130 valence electrons. The molecule has 1 saturated heterocycles. The Morgan fingerprint density at radius 2 is 1.83 bits per heavy atom. The predicted molar refractivity (Wildman–Crippen MR) is 83.0 cm³/mol. The van der Waals surface area contributed by atoms with Gasteiger partial charge in [0, 0.05) is 19.0 Å². The molecule has 8 heteroatoms. The monoisotopic (exact) mass is 336 g/mol. The Hall–Kier alpha value is -2.77. The minimum absolute atomic E-state index is 0.0967. The number of alkyl carbamates (subject to hydrolysis) is 1. The van der Waals surface area contributed by atoms with Gasteiger partial charge < -0.3 is 24.4 Å². The summed E-state index contributed by atoms with van der Waals surface area (Å²) in [7, 11) is 2.52. The maximum Gasteiger partial charge on any atom is 0.409 e.